The van der Waals surface area contributed by atoms with Gasteiger partial charge in [-0.15, -0.1) is 0 Å². The molecule has 0 unspecified atom stereocenters. The lowest BCUT2D eigenvalue weighted by Gasteiger charge is -2.35. The summed E-state index contributed by atoms with van der Waals surface area (Å²) < 4.78 is 5.15. The highest BCUT2D eigenvalue weighted by atomic mass is 16.6. The first-order valence-electron chi connectivity index (χ1n) is 8.58. The molecule has 1 aromatic carbocycles. The van der Waals surface area contributed by atoms with Gasteiger partial charge in [0.05, 0.1) is 12.0 Å². The van der Waals surface area contributed by atoms with E-state index in [-0.39, 0.29) is 17.5 Å². The van der Waals surface area contributed by atoms with Crippen LogP contribution in [0.5, 0.6) is 11.5 Å². The van der Waals surface area contributed by atoms with Crippen LogP contribution < -0.4 is 10.1 Å². The first-order valence-corrected chi connectivity index (χ1v) is 8.58. The summed E-state index contributed by atoms with van der Waals surface area (Å²) in [6.45, 7) is 5.82. The van der Waals surface area contributed by atoms with E-state index in [1.807, 2.05) is 0 Å². The molecule has 2 rings (SSSR count). The smallest absolute Gasteiger partial charge is 0.314 e. The number of piperazine rings is 1. The Morgan fingerprint density at radius 1 is 1.38 bits per heavy atom. The molecule has 1 heterocycles. The van der Waals surface area contributed by atoms with Crippen molar-refractivity contribution >= 4 is 5.69 Å². The van der Waals surface area contributed by atoms with Crippen LogP contribution >= 0.6 is 0 Å². The Morgan fingerprint density at radius 2 is 2.08 bits per heavy atom. The molecule has 2 N–H and O–H groups in total. The number of benzene rings is 1. The number of nitrogens with zero attached hydrogens (tertiary/aromatic N) is 2. The largest absolute Gasteiger partial charge is 0.500 e. The van der Waals surface area contributed by atoms with Crippen LogP contribution in [0.2, 0.25) is 0 Å². The van der Waals surface area contributed by atoms with Crippen LogP contribution in [0.3, 0.4) is 0 Å². The molecule has 134 valence electrons. The van der Waals surface area contributed by atoms with Gasteiger partial charge in [0.1, 0.15) is 0 Å². The zero-order valence-electron chi connectivity index (χ0n) is 14.5. The van der Waals surface area contributed by atoms with E-state index >= 15 is 0 Å². The van der Waals surface area contributed by atoms with Gasteiger partial charge < -0.3 is 15.2 Å². The minimum absolute atomic E-state index is 0.104. The number of methoxy groups -OCH3 is 1. The molecule has 7 heteroatoms. The minimum Gasteiger partial charge on any atom is -0.500 e. The van der Waals surface area contributed by atoms with Crippen molar-refractivity contribution in [3.63, 3.8) is 0 Å². The van der Waals surface area contributed by atoms with Crippen molar-refractivity contribution in [3.8, 4) is 11.5 Å². The summed E-state index contributed by atoms with van der Waals surface area (Å²) in [4.78, 5) is 13.1. The number of phenols is 1. The van der Waals surface area contributed by atoms with Crippen molar-refractivity contribution < 1.29 is 14.8 Å². The highest BCUT2D eigenvalue weighted by molar-refractivity contribution is 5.57. The van der Waals surface area contributed by atoms with Gasteiger partial charge in [-0.3, -0.25) is 15.0 Å². The summed E-state index contributed by atoms with van der Waals surface area (Å²) in [5.74, 6) is -0.242. The lowest BCUT2D eigenvalue weighted by atomic mass is 9.97. The van der Waals surface area contributed by atoms with Crippen LogP contribution in [0.4, 0.5) is 5.69 Å². The van der Waals surface area contributed by atoms with Gasteiger partial charge in [0, 0.05) is 38.3 Å². The second-order valence-electron chi connectivity index (χ2n) is 6.15. The van der Waals surface area contributed by atoms with E-state index in [0.29, 0.717) is 0 Å². The molecule has 0 radical (unpaired) electrons. The van der Waals surface area contributed by atoms with Crippen LogP contribution in [0.15, 0.2) is 12.1 Å². The van der Waals surface area contributed by atoms with Crippen molar-refractivity contribution in [2.75, 3.05) is 33.3 Å². The van der Waals surface area contributed by atoms with E-state index in [9.17, 15) is 15.2 Å². The van der Waals surface area contributed by atoms with E-state index in [1.165, 1.54) is 13.2 Å². The Balaban J connectivity index is 2.35. The number of nitro benzene ring substituents is 1. The van der Waals surface area contributed by atoms with Gasteiger partial charge in [0.2, 0.25) is 5.75 Å². The maximum atomic E-state index is 11.3. The molecule has 0 bridgehead atoms. The Bertz CT molecular complexity index is 559. The fourth-order valence-electron chi connectivity index (χ4n) is 3.24. The quantitative estimate of drug-likeness (QED) is 0.431. The van der Waals surface area contributed by atoms with Gasteiger partial charge in [-0.25, -0.2) is 0 Å². The molecule has 1 saturated heterocycles. The molecule has 0 spiro atoms. The summed E-state index contributed by atoms with van der Waals surface area (Å²) in [6.07, 6.45) is 4.29. The monoisotopic (exact) mass is 337 g/mol. The fourth-order valence-corrected chi connectivity index (χ4v) is 3.24. The maximum Gasteiger partial charge on any atom is 0.314 e. The Labute approximate surface area is 142 Å². The Morgan fingerprint density at radius 3 is 2.67 bits per heavy atom. The first kappa shape index (κ1) is 18.5. The molecule has 1 atom stereocenters. The lowest BCUT2D eigenvalue weighted by Crippen LogP contribution is -2.45. The fraction of sp³-hybridized carbons (Fsp3) is 0.647. The van der Waals surface area contributed by atoms with Gasteiger partial charge in [-0.2, -0.15) is 0 Å². The van der Waals surface area contributed by atoms with Crippen LogP contribution in [-0.2, 0) is 0 Å². The summed E-state index contributed by atoms with van der Waals surface area (Å²) >= 11 is 0. The van der Waals surface area contributed by atoms with Gasteiger partial charge in [-0.1, -0.05) is 26.2 Å². The van der Waals surface area contributed by atoms with Crippen molar-refractivity contribution in [2.24, 2.45) is 0 Å². The molecular formula is C17H27N3O4. The normalized spacial score (nSPS) is 16.8. The van der Waals surface area contributed by atoms with Gasteiger partial charge >= 0.3 is 5.69 Å². The van der Waals surface area contributed by atoms with E-state index < -0.39 is 10.7 Å². The number of ether oxygens (including phenoxy) is 1. The number of hydrogen-bond donors (Lipinski definition) is 2. The number of phenolic OH excluding ortho intramolecular Hbond substituents is 1. The molecule has 0 aromatic heterocycles. The molecule has 0 amide bonds. The average molecular weight is 337 g/mol. The molecule has 1 aliphatic rings. The molecule has 1 fully saturated rings. The number of unbranched alkanes of at least 4 members (excludes halogenated alkanes) is 2. The number of aromatic hydroxyl groups is 1. The summed E-state index contributed by atoms with van der Waals surface area (Å²) in [5, 5.41) is 24.6. The molecule has 0 saturated carbocycles. The molecule has 24 heavy (non-hydrogen) atoms. The third-order valence-corrected chi connectivity index (χ3v) is 4.55. The van der Waals surface area contributed by atoms with E-state index in [1.54, 1.807) is 6.07 Å². The molecular weight excluding hydrogens is 310 g/mol. The van der Waals surface area contributed by atoms with E-state index in [4.69, 9.17) is 4.74 Å². The molecule has 1 aromatic rings. The summed E-state index contributed by atoms with van der Waals surface area (Å²) in [6, 6.07) is 3.34. The summed E-state index contributed by atoms with van der Waals surface area (Å²) in [5.41, 5.74) is 0.550. The standard InChI is InChI=1S/C17H27N3O4/c1-3-4-5-6-14(19-9-7-18-8-10-19)13-11-15(20(22)23)17(21)16(12-13)24-2/h11-12,14,18,21H,3-10H2,1-2H3/t14-/m0/s1. The minimum atomic E-state index is -0.553. The van der Waals surface area contributed by atoms with E-state index in [0.717, 1.165) is 57.4 Å². The van der Waals surface area contributed by atoms with Gasteiger partial charge in [0.25, 0.3) is 0 Å². The zero-order valence-corrected chi connectivity index (χ0v) is 14.5. The van der Waals surface area contributed by atoms with Crippen molar-refractivity contribution in [3.05, 3.63) is 27.8 Å². The topological polar surface area (TPSA) is 87.9 Å². The average Bonchev–Trinajstić information content (AvgIpc) is 2.60. The third-order valence-electron chi connectivity index (χ3n) is 4.55. The Kier molecular flexibility index (Phi) is 6.81. The SMILES string of the molecule is CCCCC[C@@H](c1cc(OC)c(O)c([N+](=O)[O-])c1)N1CCNCC1. The maximum absolute atomic E-state index is 11.3. The van der Waals surface area contributed by atoms with E-state index in [2.05, 4.69) is 17.1 Å². The van der Waals surface area contributed by atoms with Crippen LogP contribution in [0.1, 0.15) is 44.2 Å². The predicted octanol–water partition coefficient (Wildman–Crippen LogP) is 2.84. The van der Waals surface area contributed by atoms with Crippen LogP contribution in [0.25, 0.3) is 0 Å². The van der Waals surface area contributed by atoms with Crippen molar-refractivity contribution in [2.45, 2.75) is 38.6 Å². The molecule has 0 aliphatic carbocycles. The predicted molar refractivity (Wildman–Crippen MR) is 92.6 cm³/mol. The van der Waals surface area contributed by atoms with Crippen LogP contribution in [0, 0.1) is 10.1 Å². The van der Waals surface area contributed by atoms with Gasteiger partial charge in [0.15, 0.2) is 5.75 Å². The number of nitro groups is 1. The first-order chi connectivity index (χ1) is 11.6. The highest BCUT2D eigenvalue weighted by Gasteiger charge is 2.27. The van der Waals surface area contributed by atoms with Crippen molar-refractivity contribution in [1.82, 2.24) is 10.2 Å². The number of hydrogen-bond acceptors (Lipinski definition) is 6. The second kappa shape index (κ2) is 8.84. The number of rotatable bonds is 8. The lowest BCUT2D eigenvalue weighted by molar-refractivity contribution is -0.386. The third kappa shape index (κ3) is 4.36. The number of nitrogens with one attached hydrogen (secondary N) is 1. The van der Waals surface area contributed by atoms with Gasteiger partial charge in [-0.05, 0) is 18.1 Å². The Hall–Kier alpha value is -1.86. The van der Waals surface area contributed by atoms with Crippen LogP contribution in [-0.4, -0.2) is 48.2 Å². The summed E-state index contributed by atoms with van der Waals surface area (Å²) in [7, 11) is 1.42. The highest BCUT2D eigenvalue weighted by Crippen LogP contribution is 2.40. The molecule has 1 aliphatic heterocycles. The zero-order chi connectivity index (χ0) is 17.5. The molecule has 7 nitrogen and oxygen atoms in total. The second-order valence-corrected chi connectivity index (χ2v) is 6.15. The van der Waals surface area contributed by atoms with Crippen molar-refractivity contribution in [1.29, 1.82) is 0 Å².